The third kappa shape index (κ3) is 3.26. The second-order valence-electron chi connectivity index (χ2n) is 8.77. The number of benzene rings is 1. The van der Waals surface area contributed by atoms with E-state index < -0.39 is 6.17 Å². The molecular formula is C24H24FN5O2. The molecule has 164 valence electrons. The third-order valence-electron chi connectivity index (χ3n) is 6.86. The van der Waals surface area contributed by atoms with Gasteiger partial charge in [0.15, 0.2) is 0 Å². The van der Waals surface area contributed by atoms with E-state index in [9.17, 15) is 5.11 Å². The highest BCUT2D eigenvalue weighted by Gasteiger charge is 2.42. The molecule has 2 aromatic heterocycles. The number of aromatic hydroxyl groups is 1. The Kier molecular flexibility index (Phi) is 4.68. The Bertz CT molecular complexity index is 1180. The van der Waals surface area contributed by atoms with Crippen LogP contribution in [-0.2, 0) is 0 Å². The van der Waals surface area contributed by atoms with E-state index in [1.165, 1.54) is 0 Å². The molecule has 32 heavy (non-hydrogen) atoms. The van der Waals surface area contributed by atoms with Gasteiger partial charge >= 0.3 is 0 Å². The van der Waals surface area contributed by atoms with Crippen molar-refractivity contribution in [1.82, 2.24) is 25.1 Å². The van der Waals surface area contributed by atoms with Crippen LogP contribution in [0.4, 0.5) is 4.39 Å². The number of phenolic OH excluding ortho intramolecular Hbond substituents is 1. The number of hydrogen-bond acceptors (Lipinski definition) is 6. The van der Waals surface area contributed by atoms with Crippen LogP contribution in [-0.4, -0.2) is 49.7 Å². The highest BCUT2D eigenvalue weighted by molar-refractivity contribution is 5.75. The smallest absolute Gasteiger partial charge is 0.149 e. The average molecular weight is 433 g/mol. The van der Waals surface area contributed by atoms with Gasteiger partial charge in [-0.3, -0.25) is 0 Å². The van der Waals surface area contributed by atoms with Crippen LogP contribution in [0.5, 0.6) is 11.5 Å². The molecule has 2 bridgehead atoms. The van der Waals surface area contributed by atoms with Crippen molar-refractivity contribution in [2.24, 2.45) is 5.92 Å². The molecule has 7 nitrogen and oxygen atoms in total. The van der Waals surface area contributed by atoms with Crippen molar-refractivity contribution in [3.05, 3.63) is 54.8 Å². The van der Waals surface area contributed by atoms with E-state index in [1.54, 1.807) is 30.7 Å². The number of allylic oxidation sites excluding steroid dienone is 1. The first-order chi connectivity index (χ1) is 15.7. The van der Waals surface area contributed by atoms with Crippen LogP contribution in [0.1, 0.15) is 31.4 Å². The van der Waals surface area contributed by atoms with Crippen molar-refractivity contribution in [3.63, 3.8) is 0 Å². The van der Waals surface area contributed by atoms with Gasteiger partial charge in [0.2, 0.25) is 0 Å². The quantitative estimate of drug-likeness (QED) is 0.656. The van der Waals surface area contributed by atoms with E-state index in [0.29, 0.717) is 35.3 Å². The van der Waals surface area contributed by atoms with E-state index in [4.69, 9.17) is 4.74 Å². The lowest BCUT2D eigenvalue weighted by Gasteiger charge is -2.44. The molecule has 0 spiro atoms. The summed E-state index contributed by atoms with van der Waals surface area (Å²) >= 11 is 0. The molecule has 4 atom stereocenters. The zero-order valence-electron chi connectivity index (χ0n) is 17.5. The number of phenols is 1. The SMILES string of the molecule is Oc1cc(-n2ccnc2)ccc1-c1cc2c(nn1)C([C@@H]1CC3CCC[C@H](N3)[C@@H]1F)=CCO2. The fraction of sp³-hybridized carbons (Fsp3) is 0.375. The third-order valence-corrected chi connectivity index (χ3v) is 6.86. The van der Waals surface area contributed by atoms with E-state index in [1.807, 2.05) is 22.9 Å². The van der Waals surface area contributed by atoms with Crippen molar-refractivity contribution in [1.29, 1.82) is 0 Å². The molecule has 0 saturated carbocycles. The largest absolute Gasteiger partial charge is 0.507 e. The van der Waals surface area contributed by atoms with E-state index in [0.717, 1.165) is 36.9 Å². The molecule has 0 aliphatic carbocycles. The van der Waals surface area contributed by atoms with Crippen molar-refractivity contribution < 1.29 is 14.2 Å². The van der Waals surface area contributed by atoms with Gasteiger partial charge in [-0.1, -0.05) is 6.42 Å². The summed E-state index contributed by atoms with van der Waals surface area (Å²) in [4.78, 5) is 4.03. The summed E-state index contributed by atoms with van der Waals surface area (Å²) in [5.74, 6) is 0.478. The molecular weight excluding hydrogens is 409 g/mol. The monoisotopic (exact) mass is 433 g/mol. The number of halogens is 1. The van der Waals surface area contributed by atoms with E-state index in [-0.39, 0.29) is 17.7 Å². The number of hydrogen-bond donors (Lipinski definition) is 2. The zero-order valence-corrected chi connectivity index (χ0v) is 17.5. The molecule has 8 heteroatoms. The molecule has 0 radical (unpaired) electrons. The van der Waals surface area contributed by atoms with Crippen LogP contribution in [0.15, 0.2) is 49.1 Å². The standard InChI is InChI=1S/C24H24FN5O2/c25-23-18(10-14-2-1-3-19(23)27-14)16-6-9-32-22-12-20(28-29-24(16)22)17-5-4-15(11-21(17)31)30-8-7-26-13-30/h4-8,11-14,18-19,23,27,31H,1-3,9-10H2/t14?,18-,19-,23+/m0/s1. The van der Waals surface area contributed by atoms with Crippen LogP contribution in [0.3, 0.4) is 0 Å². The Balaban J connectivity index is 1.31. The van der Waals surface area contributed by atoms with Gasteiger partial charge in [-0.15, -0.1) is 10.2 Å². The fourth-order valence-corrected chi connectivity index (χ4v) is 5.28. The Labute approximate surface area is 185 Å². The van der Waals surface area contributed by atoms with Gasteiger partial charge in [-0.2, -0.15) is 0 Å². The maximum absolute atomic E-state index is 15.3. The first-order valence-electron chi connectivity index (χ1n) is 11.1. The number of ether oxygens (including phenoxy) is 1. The van der Waals surface area contributed by atoms with Crippen molar-refractivity contribution in [2.75, 3.05) is 6.61 Å². The summed E-state index contributed by atoms with van der Waals surface area (Å²) in [6.07, 6.45) is 9.99. The lowest BCUT2D eigenvalue weighted by atomic mass is 9.74. The molecule has 1 aromatic carbocycles. The van der Waals surface area contributed by atoms with Gasteiger partial charge in [-0.05, 0) is 43.0 Å². The summed E-state index contributed by atoms with van der Waals surface area (Å²) in [6, 6.07) is 7.40. The summed E-state index contributed by atoms with van der Waals surface area (Å²) < 4.78 is 23.0. The fourth-order valence-electron chi connectivity index (χ4n) is 5.28. The predicted molar refractivity (Wildman–Crippen MR) is 117 cm³/mol. The lowest BCUT2D eigenvalue weighted by molar-refractivity contribution is 0.0974. The summed E-state index contributed by atoms with van der Waals surface area (Å²) in [7, 11) is 0. The Morgan fingerprint density at radius 3 is 2.97 bits per heavy atom. The van der Waals surface area contributed by atoms with E-state index >= 15 is 4.39 Å². The van der Waals surface area contributed by atoms with Crippen molar-refractivity contribution in [2.45, 2.75) is 43.9 Å². The molecule has 2 fully saturated rings. The number of aromatic nitrogens is 4. The van der Waals surface area contributed by atoms with Gasteiger partial charge in [-0.25, -0.2) is 9.37 Å². The first-order valence-corrected chi connectivity index (χ1v) is 11.1. The summed E-state index contributed by atoms with van der Waals surface area (Å²) in [6.45, 7) is 0.380. The Hall–Kier alpha value is -3.26. The van der Waals surface area contributed by atoms with Crippen molar-refractivity contribution >= 4 is 5.57 Å². The van der Waals surface area contributed by atoms with Crippen molar-refractivity contribution in [3.8, 4) is 28.4 Å². The van der Waals surface area contributed by atoms with E-state index in [2.05, 4.69) is 20.5 Å². The summed E-state index contributed by atoms with van der Waals surface area (Å²) in [5.41, 5.74) is 3.38. The van der Waals surface area contributed by atoms with Gasteiger partial charge < -0.3 is 19.7 Å². The highest BCUT2D eigenvalue weighted by Crippen LogP contribution is 2.43. The minimum atomic E-state index is -0.940. The molecule has 0 amide bonds. The number of piperidine rings is 2. The molecule has 3 aliphatic rings. The van der Waals surface area contributed by atoms with Gasteiger partial charge in [0.25, 0.3) is 0 Å². The normalized spacial score (nSPS) is 26.7. The van der Waals surface area contributed by atoms with Crippen LogP contribution in [0, 0.1) is 5.92 Å². The van der Waals surface area contributed by atoms with Crippen LogP contribution < -0.4 is 10.1 Å². The number of alkyl halides is 1. The minimum absolute atomic E-state index is 0.0853. The second kappa shape index (κ2) is 7.70. The van der Waals surface area contributed by atoms with Crippen LogP contribution >= 0.6 is 0 Å². The minimum Gasteiger partial charge on any atom is -0.507 e. The highest BCUT2D eigenvalue weighted by atomic mass is 19.1. The Morgan fingerprint density at radius 2 is 2.12 bits per heavy atom. The molecule has 1 unspecified atom stereocenters. The lowest BCUT2D eigenvalue weighted by Crippen LogP contribution is -2.55. The average Bonchev–Trinajstić information content (AvgIpc) is 3.36. The Morgan fingerprint density at radius 1 is 1.19 bits per heavy atom. The zero-order chi connectivity index (χ0) is 21.7. The maximum Gasteiger partial charge on any atom is 0.149 e. The molecule has 3 aromatic rings. The number of nitrogens with zero attached hydrogens (tertiary/aromatic N) is 4. The van der Waals surface area contributed by atoms with Crippen LogP contribution in [0.25, 0.3) is 22.5 Å². The number of imidazole rings is 1. The van der Waals surface area contributed by atoms with Crippen LogP contribution in [0.2, 0.25) is 0 Å². The molecule has 5 heterocycles. The van der Waals surface area contributed by atoms with Gasteiger partial charge in [0.1, 0.15) is 35.7 Å². The summed E-state index contributed by atoms with van der Waals surface area (Å²) in [5, 5.41) is 22.9. The molecule has 3 aliphatic heterocycles. The molecule has 2 saturated heterocycles. The first kappa shape index (κ1) is 19.4. The number of nitrogens with one attached hydrogen (secondary N) is 1. The topological polar surface area (TPSA) is 85.1 Å². The number of rotatable bonds is 3. The molecule has 2 N–H and O–H groups in total. The molecule has 6 rings (SSSR count). The second-order valence-corrected chi connectivity index (χ2v) is 8.77. The number of fused-ring (bicyclic) bond motifs is 3. The van der Waals surface area contributed by atoms with Gasteiger partial charge in [0, 0.05) is 48.1 Å². The maximum atomic E-state index is 15.3. The van der Waals surface area contributed by atoms with Gasteiger partial charge in [0.05, 0.1) is 12.0 Å². The predicted octanol–water partition coefficient (Wildman–Crippen LogP) is 3.68.